The maximum atomic E-state index is 12.8. The maximum absolute atomic E-state index is 12.8. The van der Waals surface area contributed by atoms with Crippen LogP contribution in [0.15, 0.2) is 18.2 Å². The molecule has 1 unspecified atom stereocenters. The average molecular weight is 476 g/mol. The number of thioether (sulfide) groups is 1. The monoisotopic (exact) mass is 475 g/mol. The van der Waals surface area contributed by atoms with Crippen LogP contribution < -0.4 is 15.0 Å². The lowest BCUT2D eigenvalue weighted by Gasteiger charge is -2.37. The number of nitrogens with one attached hydrogen (secondary N) is 2. The van der Waals surface area contributed by atoms with Crippen LogP contribution in [0.2, 0.25) is 5.02 Å². The summed E-state index contributed by atoms with van der Waals surface area (Å²) in [6.07, 6.45) is -0.593. The largest absolute Gasteiger partial charge is 0.495 e. The van der Waals surface area contributed by atoms with Crippen molar-refractivity contribution in [1.82, 2.24) is 9.96 Å². The molecule has 11 heteroatoms. The van der Waals surface area contributed by atoms with Crippen LogP contribution >= 0.6 is 35.6 Å². The number of rotatable bonds is 6. The van der Waals surface area contributed by atoms with Crippen LogP contribution in [-0.4, -0.2) is 82.9 Å². The van der Waals surface area contributed by atoms with Crippen LogP contribution in [0, 0.1) is 0 Å². The van der Waals surface area contributed by atoms with Gasteiger partial charge in [0.05, 0.1) is 43.2 Å². The maximum Gasteiger partial charge on any atom is 0.347 e. The number of hydrogen-bond acceptors (Lipinski definition) is 6. The number of nitrogens with zero attached hydrogens (tertiary/aromatic N) is 2. The summed E-state index contributed by atoms with van der Waals surface area (Å²) in [6.45, 7) is 8.85. The molecule has 2 amide bonds. The summed E-state index contributed by atoms with van der Waals surface area (Å²) >= 11 is 13.2. The third-order valence-electron chi connectivity index (χ3n) is 5.25. The van der Waals surface area contributed by atoms with Crippen molar-refractivity contribution in [2.75, 3.05) is 51.8 Å². The Labute approximate surface area is 191 Å². The Bertz CT molecular complexity index is 792. The highest BCUT2D eigenvalue weighted by Gasteiger charge is 2.49. The van der Waals surface area contributed by atoms with Crippen LogP contribution in [0.25, 0.3) is 0 Å². The molecule has 0 aromatic heterocycles. The number of quaternary nitrogens is 1. The van der Waals surface area contributed by atoms with E-state index in [0.29, 0.717) is 27.3 Å². The molecule has 1 atom stereocenters. The van der Waals surface area contributed by atoms with Crippen LogP contribution in [0.3, 0.4) is 0 Å². The number of benzene rings is 1. The molecule has 8 nitrogen and oxygen atoms in total. The van der Waals surface area contributed by atoms with Gasteiger partial charge in [0.15, 0.2) is 0 Å². The van der Waals surface area contributed by atoms with Crippen LogP contribution in [-0.2, 0) is 4.74 Å². The molecule has 1 aromatic rings. The SMILES string of the molecule is COc1ccc(NC(=O)N(O)C2N(CC[NH+]3CCOCC3)C(=S)SC2(C)C)cc1Cl. The predicted octanol–water partition coefficient (Wildman–Crippen LogP) is 1.93. The van der Waals surface area contributed by atoms with Crippen molar-refractivity contribution in [2.45, 2.75) is 24.8 Å². The first-order valence-corrected chi connectivity index (χ1v) is 11.4. The molecule has 0 bridgehead atoms. The van der Waals surface area contributed by atoms with Gasteiger partial charge in [0.1, 0.15) is 29.3 Å². The number of anilines is 1. The first-order chi connectivity index (χ1) is 14.2. The van der Waals surface area contributed by atoms with Gasteiger partial charge in [0.25, 0.3) is 0 Å². The van der Waals surface area contributed by atoms with Gasteiger partial charge in [-0.05, 0) is 32.0 Å². The average Bonchev–Trinajstić information content (AvgIpc) is 2.94. The van der Waals surface area contributed by atoms with Crippen molar-refractivity contribution in [2.24, 2.45) is 0 Å². The highest BCUT2D eigenvalue weighted by Crippen LogP contribution is 2.42. The molecular weight excluding hydrogens is 448 g/mol. The summed E-state index contributed by atoms with van der Waals surface area (Å²) in [5, 5.41) is 14.6. The number of morpholine rings is 1. The second kappa shape index (κ2) is 9.88. The molecule has 2 aliphatic rings. The number of urea groups is 1. The van der Waals surface area contributed by atoms with E-state index in [2.05, 4.69) is 5.32 Å². The fraction of sp³-hybridized carbons (Fsp3) is 0.579. The molecule has 1 aromatic carbocycles. The van der Waals surface area contributed by atoms with E-state index in [9.17, 15) is 10.0 Å². The van der Waals surface area contributed by atoms with E-state index >= 15 is 0 Å². The highest BCUT2D eigenvalue weighted by atomic mass is 35.5. The smallest absolute Gasteiger partial charge is 0.347 e. The molecule has 2 aliphatic heterocycles. The summed E-state index contributed by atoms with van der Waals surface area (Å²) in [5.41, 5.74) is 0.459. The van der Waals surface area contributed by atoms with E-state index in [1.807, 2.05) is 18.7 Å². The molecule has 3 N–H and O–H groups in total. The van der Waals surface area contributed by atoms with E-state index in [-0.39, 0.29) is 0 Å². The zero-order chi connectivity index (χ0) is 21.9. The standard InChI is InChI=1S/C19H27ClN4O4S2/c1-19(2)16(23(18(29)30-19)7-6-22-8-10-28-11-9-22)24(26)17(25)21-13-4-5-15(27-3)14(20)12-13/h4-5,12,16,26H,6-11H2,1-3H3,(H,21,25)/p+1. The van der Waals surface area contributed by atoms with Crippen molar-refractivity contribution in [3.63, 3.8) is 0 Å². The zero-order valence-electron chi connectivity index (χ0n) is 17.3. The highest BCUT2D eigenvalue weighted by molar-refractivity contribution is 8.24. The fourth-order valence-corrected chi connectivity index (χ4v) is 5.86. The van der Waals surface area contributed by atoms with Gasteiger partial charge in [0.2, 0.25) is 0 Å². The van der Waals surface area contributed by atoms with Crippen LogP contribution in [0.1, 0.15) is 13.8 Å². The predicted molar refractivity (Wildman–Crippen MR) is 122 cm³/mol. The molecule has 0 saturated carbocycles. The minimum Gasteiger partial charge on any atom is -0.495 e. The Morgan fingerprint density at radius 3 is 2.83 bits per heavy atom. The molecule has 30 heavy (non-hydrogen) atoms. The minimum atomic E-state index is -0.650. The van der Waals surface area contributed by atoms with Crippen LogP contribution in [0.4, 0.5) is 10.5 Å². The van der Waals surface area contributed by atoms with Gasteiger partial charge in [-0.25, -0.2) is 4.79 Å². The molecule has 3 rings (SSSR count). The van der Waals surface area contributed by atoms with Gasteiger partial charge >= 0.3 is 6.03 Å². The number of halogens is 1. The van der Waals surface area contributed by atoms with Crippen molar-refractivity contribution in [3.8, 4) is 5.75 Å². The Balaban J connectivity index is 1.69. The Hall–Kier alpha value is -1.30. The Morgan fingerprint density at radius 2 is 2.20 bits per heavy atom. The van der Waals surface area contributed by atoms with Crippen molar-refractivity contribution >= 4 is 51.6 Å². The summed E-state index contributed by atoms with van der Waals surface area (Å²) in [4.78, 5) is 16.2. The fourth-order valence-electron chi connectivity index (χ4n) is 3.68. The van der Waals surface area contributed by atoms with Crippen LogP contribution in [0.5, 0.6) is 5.75 Å². The van der Waals surface area contributed by atoms with Gasteiger partial charge < -0.3 is 24.6 Å². The number of carbonyl (C=O) groups excluding carboxylic acids is 1. The van der Waals surface area contributed by atoms with E-state index in [1.165, 1.54) is 23.8 Å². The first-order valence-electron chi connectivity index (χ1n) is 9.76. The van der Waals surface area contributed by atoms with E-state index in [4.69, 9.17) is 33.3 Å². The molecule has 166 valence electrons. The zero-order valence-corrected chi connectivity index (χ0v) is 19.7. The molecular formula is C19H28ClN4O4S2+. The number of ether oxygens (including phenoxy) is 2. The van der Waals surface area contributed by atoms with Gasteiger partial charge in [-0.3, -0.25) is 5.21 Å². The summed E-state index contributed by atoms with van der Waals surface area (Å²) < 4.78 is 10.7. The second-order valence-corrected chi connectivity index (χ2v) is 10.5. The van der Waals surface area contributed by atoms with Gasteiger partial charge in [-0.2, -0.15) is 5.06 Å². The molecule has 2 heterocycles. The van der Waals surface area contributed by atoms with Crippen molar-refractivity contribution < 1.29 is 24.4 Å². The number of methoxy groups -OCH3 is 1. The molecule has 0 spiro atoms. The minimum absolute atomic E-state index is 0.368. The Morgan fingerprint density at radius 1 is 1.50 bits per heavy atom. The van der Waals surface area contributed by atoms with E-state index < -0.39 is 16.9 Å². The Kier molecular flexibility index (Phi) is 7.70. The van der Waals surface area contributed by atoms with E-state index in [0.717, 1.165) is 37.9 Å². The topological polar surface area (TPSA) is 78.7 Å². The first kappa shape index (κ1) is 23.4. The van der Waals surface area contributed by atoms with Crippen molar-refractivity contribution in [1.29, 1.82) is 0 Å². The lowest BCUT2D eigenvalue weighted by atomic mass is 10.1. The summed E-state index contributed by atoms with van der Waals surface area (Å²) in [5.74, 6) is 0.506. The third-order valence-corrected chi connectivity index (χ3v) is 7.18. The third kappa shape index (κ3) is 5.30. The molecule has 0 radical (unpaired) electrons. The number of hydrogen-bond donors (Lipinski definition) is 3. The number of thiocarbonyl (C=S) groups is 1. The normalized spacial score (nSPS) is 21.6. The number of hydroxylamine groups is 2. The van der Waals surface area contributed by atoms with Crippen molar-refractivity contribution in [3.05, 3.63) is 23.2 Å². The number of carbonyl (C=O) groups is 1. The second-order valence-electron chi connectivity index (χ2n) is 7.77. The summed E-state index contributed by atoms with van der Waals surface area (Å²) in [6, 6.07) is 4.24. The van der Waals surface area contributed by atoms with Gasteiger partial charge in [0, 0.05) is 5.69 Å². The quantitative estimate of drug-likeness (QED) is 0.329. The lowest BCUT2D eigenvalue weighted by molar-refractivity contribution is -0.907. The van der Waals surface area contributed by atoms with E-state index in [1.54, 1.807) is 18.2 Å². The molecule has 0 aliphatic carbocycles. The van der Waals surface area contributed by atoms with Gasteiger partial charge in [-0.1, -0.05) is 35.6 Å². The number of amides is 2. The lowest BCUT2D eigenvalue weighted by Crippen LogP contribution is -3.14. The molecule has 2 fully saturated rings. The molecule has 2 saturated heterocycles. The van der Waals surface area contributed by atoms with Gasteiger partial charge in [-0.15, -0.1) is 0 Å². The summed E-state index contributed by atoms with van der Waals surface area (Å²) in [7, 11) is 1.52.